The molecule has 0 radical (unpaired) electrons. The van der Waals surface area contributed by atoms with Crippen molar-refractivity contribution in [1.29, 1.82) is 0 Å². The van der Waals surface area contributed by atoms with Gasteiger partial charge in [-0.3, -0.25) is 4.79 Å². The summed E-state index contributed by atoms with van der Waals surface area (Å²) in [4.78, 5) is 11.3. The van der Waals surface area contributed by atoms with Crippen LogP contribution in [-0.4, -0.2) is 12.9 Å². The Bertz CT molecular complexity index is 374. The van der Waals surface area contributed by atoms with E-state index in [9.17, 15) is 4.79 Å². The average Bonchev–Trinajstić information content (AvgIpc) is 2.18. The molecule has 1 unspecified atom stereocenters. The van der Waals surface area contributed by atoms with E-state index in [1.165, 1.54) is 0 Å². The fraction of sp³-hybridized carbons (Fsp3) is 0.364. The summed E-state index contributed by atoms with van der Waals surface area (Å²) < 4.78 is 6.11. The van der Waals surface area contributed by atoms with Gasteiger partial charge < -0.3 is 4.74 Å². The van der Waals surface area contributed by atoms with Crippen LogP contribution in [0.3, 0.4) is 0 Å². The molecule has 0 aromatic heterocycles. The van der Waals surface area contributed by atoms with E-state index >= 15 is 0 Å². The molecular formula is C11H11BrO2. The molecule has 1 aliphatic rings. The molecule has 2 rings (SSSR count). The van der Waals surface area contributed by atoms with Crippen LogP contribution in [0.4, 0.5) is 0 Å². The van der Waals surface area contributed by atoms with Crippen molar-refractivity contribution >= 4 is 21.7 Å². The Morgan fingerprint density at radius 3 is 2.79 bits per heavy atom. The Morgan fingerprint density at radius 2 is 2.29 bits per heavy atom. The molecule has 74 valence electrons. The lowest BCUT2D eigenvalue weighted by Crippen LogP contribution is -2.23. The van der Waals surface area contributed by atoms with Crippen molar-refractivity contribution in [2.24, 2.45) is 0 Å². The lowest BCUT2D eigenvalue weighted by molar-refractivity contribution is -0.125. The summed E-state index contributed by atoms with van der Waals surface area (Å²) in [6.45, 7) is 0. The maximum Gasteiger partial charge on any atom is 0.140 e. The molecule has 0 heterocycles. The summed E-state index contributed by atoms with van der Waals surface area (Å²) in [6.07, 6.45) is 1.70. The highest BCUT2D eigenvalue weighted by atomic mass is 79.9. The molecule has 0 spiro atoms. The standard InChI is InChI=1S/C11H11BrO2/c1-14-11-6-7(2-4-9(11)12)8-3-5-10(8)13/h2,4,6,8H,3,5H2,1H3. The lowest BCUT2D eigenvalue weighted by atomic mass is 9.79. The van der Waals surface area contributed by atoms with E-state index in [0.29, 0.717) is 5.78 Å². The monoisotopic (exact) mass is 254 g/mol. The molecule has 2 nitrogen and oxygen atoms in total. The predicted molar refractivity (Wildman–Crippen MR) is 57.7 cm³/mol. The van der Waals surface area contributed by atoms with Gasteiger partial charge in [-0.15, -0.1) is 0 Å². The number of hydrogen-bond donors (Lipinski definition) is 0. The van der Waals surface area contributed by atoms with E-state index in [4.69, 9.17) is 4.74 Å². The van der Waals surface area contributed by atoms with Crippen LogP contribution in [0.5, 0.6) is 5.75 Å². The first kappa shape index (κ1) is 9.71. The van der Waals surface area contributed by atoms with Crippen molar-refractivity contribution in [3.8, 4) is 5.75 Å². The SMILES string of the molecule is COc1cc(C2CCC2=O)ccc1Br. The van der Waals surface area contributed by atoms with Crippen LogP contribution >= 0.6 is 15.9 Å². The van der Waals surface area contributed by atoms with Crippen LogP contribution in [0.2, 0.25) is 0 Å². The third kappa shape index (κ3) is 1.57. The van der Waals surface area contributed by atoms with Crippen LogP contribution in [0.25, 0.3) is 0 Å². The summed E-state index contributed by atoms with van der Waals surface area (Å²) in [5.74, 6) is 1.24. The number of hydrogen-bond acceptors (Lipinski definition) is 2. The summed E-state index contributed by atoms with van der Waals surface area (Å²) in [6, 6.07) is 5.85. The van der Waals surface area contributed by atoms with Gasteiger partial charge in [0.2, 0.25) is 0 Å². The van der Waals surface area contributed by atoms with Gasteiger partial charge >= 0.3 is 0 Å². The molecule has 0 saturated heterocycles. The molecule has 1 aromatic rings. The summed E-state index contributed by atoms with van der Waals surface area (Å²) in [7, 11) is 1.63. The second-order valence-electron chi connectivity index (χ2n) is 3.45. The maximum absolute atomic E-state index is 11.3. The van der Waals surface area contributed by atoms with E-state index in [2.05, 4.69) is 15.9 Å². The Hall–Kier alpha value is -0.830. The van der Waals surface area contributed by atoms with Crippen LogP contribution in [0.15, 0.2) is 22.7 Å². The Balaban J connectivity index is 2.31. The molecule has 0 N–H and O–H groups in total. The van der Waals surface area contributed by atoms with Crippen molar-refractivity contribution in [3.63, 3.8) is 0 Å². The van der Waals surface area contributed by atoms with Gasteiger partial charge in [0, 0.05) is 12.3 Å². The maximum atomic E-state index is 11.3. The van der Waals surface area contributed by atoms with Gasteiger partial charge in [0.15, 0.2) is 0 Å². The van der Waals surface area contributed by atoms with E-state index in [1.807, 2.05) is 18.2 Å². The minimum Gasteiger partial charge on any atom is -0.496 e. The van der Waals surface area contributed by atoms with Crippen molar-refractivity contribution in [2.75, 3.05) is 7.11 Å². The normalized spacial score (nSPS) is 20.4. The fourth-order valence-corrected chi connectivity index (χ4v) is 2.06. The van der Waals surface area contributed by atoms with E-state index < -0.39 is 0 Å². The van der Waals surface area contributed by atoms with Crippen LogP contribution in [-0.2, 0) is 4.79 Å². The number of carbonyl (C=O) groups is 1. The molecule has 1 aliphatic carbocycles. The zero-order valence-corrected chi connectivity index (χ0v) is 9.50. The zero-order valence-electron chi connectivity index (χ0n) is 7.92. The highest BCUT2D eigenvalue weighted by Crippen LogP contribution is 2.36. The number of rotatable bonds is 2. The highest BCUT2D eigenvalue weighted by molar-refractivity contribution is 9.10. The van der Waals surface area contributed by atoms with Crippen LogP contribution < -0.4 is 4.74 Å². The molecule has 1 atom stereocenters. The lowest BCUT2D eigenvalue weighted by Gasteiger charge is -2.24. The second kappa shape index (κ2) is 3.73. The topological polar surface area (TPSA) is 26.3 Å². The molecule has 0 aliphatic heterocycles. The number of halogens is 1. The Kier molecular flexibility index (Phi) is 2.59. The average molecular weight is 255 g/mol. The number of ether oxygens (including phenoxy) is 1. The van der Waals surface area contributed by atoms with Gasteiger partial charge in [-0.2, -0.15) is 0 Å². The van der Waals surface area contributed by atoms with Crippen LogP contribution in [0, 0.1) is 0 Å². The smallest absolute Gasteiger partial charge is 0.140 e. The van der Waals surface area contributed by atoms with E-state index in [0.717, 1.165) is 28.6 Å². The number of methoxy groups -OCH3 is 1. The van der Waals surface area contributed by atoms with E-state index in [1.54, 1.807) is 7.11 Å². The van der Waals surface area contributed by atoms with Crippen molar-refractivity contribution < 1.29 is 9.53 Å². The first-order chi connectivity index (χ1) is 6.72. The molecule has 1 fully saturated rings. The third-order valence-corrected chi connectivity index (χ3v) is 3.30. The minimum atomic E-state index is 0.108. The molecule has 1 saturated carbocycles. The van der Waals surface area contributed by atoms with Gasteiger partial charge in [-0.25, -0.2) is 0 Å². The molecule has 14 heavy (non-hydrogen) atoms. The summed E-state index contributed by atoms with van der Waals surface area (Å²) in [5, 5.41) is 0. The van der Waals surface area contributed by atoms with E-state index in [-0.39, 0.29) is 5.92 Å². The quantitative estimate of drug-likeness (QED) is 0.812. The number of ketones is 1. The van der Waals surface area contributed by atoms with Crippen molar-refractivity contribution in [3.05, 3.63) is 28.2 Å². The largest absolute Gasteiger partial charge is 0.496 e. The molecule has 1 aromatic carbocycles. The molecule has 0 amide bonds. The van der Waals surface area contributed by atoms with Crippen LogP contribution in [0.1, 0.15) is 24.3 Å². The summed E-state index contributed by atoms with van der Waals surface area (Å²) >= 11 is 3.38. The van der Waals surface area contributed by atoms with Crippen molar-refractivity contribution in [1.82, 2.24) is 0 Å². The van der Waals surface area contributed by atoms with Gasteiger partial charge in [-0.1, -0.05) is 6.07 Å². The number of Topliss-reactive ketones (excluding diaryl/α,β-unsaturated/α-hetero) is 1. The first-order valence-electron chi connectivity index (χ1n) is 4.58. The fourth-order valence-electron chi connectivity index (χ4n) is 1.65. The summed E-state index contributed by atoms with van der Waals surface area (Å²) in [5.41, 5.74) is 1.07. The highest BCUT2D eigenvalue weighted by Gasteiger charge is 2.29. The zero-order chi connectivity index (χ0) is 10.1. The third-order valence-electron chi connectivity index (χ3n) is 2.65. The van der Waals surface area contributed by atoms with Gasteiger partial charge in [0.1, 0.15) is 11.5 Å². The van der Waals surface area contributed by atoms with Gasteiger partial charge in [0.25, 0.3) is 0 Å². The minimum absolute atomic E-state index is 0.108. The van der Waals surface area contributed by atoms with Gasteiger partial charge in [-0.05, 0) is 40.0 Å². The van der Waals surface area contributed by atoms with Crippen molar-refractivity contribution in [2.45, 2.75) is 18.8 Å². The predicted octanol–water partition coefficient (Wildman–Crippen LogP) is 2.90. The molecule has 0 bridgehead atoms. The molecular weight excluding hydrogens is 244 g/mol. The molecule has 3 heteroatoms. The van der Waals surface area contributed by atoms with Gasteiger partial charge in [0.05, 0.1) is 11.6 Å². The first-order valence-corrected chi connectivity index (χ1v) is 5.38. The Labute approximate surface area is 91.4 Å². The second-order valence-corrected chi connectivity index (χ2v) is 4.31. The number of benzene rings is 1. The number of carbonyl (C=O) groups excluding carboxylic acids is 1. The Morgan fingerprint density at radius 1 is 1.50 bits per heavy atom.